The Kier molecular flexibility index (Phi) is 6.82. The summed E-state index contributed by atoms with van der Waals surface area (Å²) in [6, 6.07) is 61.8. The summed E-state index contributed by atoms with van der Waals surface area (Å²) < 4.78 is 0. The normalized spacial score (nSPS) is 12.8. The van der Waals surface area contributed by atoms with Crippen LogP contribution in [0.4, 0.5) is 5.69 Å². The first-order valence-corrected chi connectivity index (χ1v) is 17.6. The molecule has 10 rings (SSSR count). The van der Waals surface area contributed by atoms with Crippen LogP contribution in [0.15, 0.2) is 170 Å². The molecule has 1 aliphatic rings. The van der Waals surface area contributed by atoms with E-state index in [1.165, 1.54) is 71.6 Å². The van der Waals surface area contributed by atoms with Crippen molar-refractivity contribution in [1.29, 1.82) is 0 Å². The Balaban J connectivity index is 1.18. The molecular formula is C49H34N2. The van der Waals surface area contributed by atoms with Crippen molar-refractivity contribution in [2.45, 2.75) is 0 Å². The first kappa shape index (κ1) is 29.4. The first-order chi connectivity index (χ1) is 25.2. The molecule has 0 aliphatic carbocycles. The fourth-order valence-corrected chi connectivity index (χ4v) is 7.95. The lowest BCUT2D eigenvalue weighted by molar-refractivity contribution is 1.03. The Morgan fingerprint density at radius 1 is 0.451 bits per heavy atom. The van der Waals surface area contributed by atoms with E-state index in [2.05, 4.69) is 188 Å². The molecule has 0 amide bonds. The monoisotopic (exact) mass is 650 g/mol. The molecule has 0 N–H and O–H groups in total. The Hall–Kier alpha value is -6.51. The van der Waals surface area contributed by atoms with Gasteiger partial charge in [0.15, 0.2) is 0 Å². The molecule has 0 fully saturated rings. The van der Waals surface area contributed by atoms with Gasteiger partial charge in [-0.25, -0.2) is 4.98 Å². The molecule has 0 radical (unpaired) electrons. The Morgan fingerprint density at radius 2 is 1.02 bits per heavy atom. The third kappa shape index (κ3) is 5.07. The van der Waals surface area contributed by atoms with Gasteiger partial charge in [-0.3, -0.25) is 0 Å². The predicted molar refractivity (Wildman–Crippen MR) is 218 cm³/mol. The molecule has 2 heteroatoms. The van der Waals surface area contributed by atoms with Crippen molar-refractivity contribution in [3.8, 4) is 33.5 Å². The van der Waals surface area contributed by atoms with Crippen molar-refractivity contribution in [2.24, 2.45) is 0 Å². The van der Waals surface area contributed by atoms with Crippen molar-refractivity contribution in [2.75, 3.05) is 18.5 Å². The summed E-state index contributed by atoms with van der Waals surface area (Å²) in [5, 5.41) is 8.43. The number of anilines is 1. The second-order valence-corrected chi connectivity index (χ2v) is 13.7. The minimum absolute atomic E-state index is 0.885. The predicted octanol–water partition coefficient (Wildman–Crippen LogP) is 12.7. The van der Waals surface area contributed by atoms with E-state index in [9.17, 15) is 0 Å². The van der Waals surface area contributed by atoms with Crippen LogP contribution in [0.5, 0.6) is 0 Å². The molecule has 0 spiro atoms. The average Bonchev–Trinajstić information content (AvgIpc) is 3.20. The summed E-state index contributed by atoms with van der Waals surface area (Å²) in [6.07, 6.45) is 2.34. The maximum absolute atomic E-state index is 5.45. The molecule has 2 heterocycles. The fraction of sp³-hybridized carbons (Fsp3) is 0.0408. The third-order valence-corrected chi connectivity index (χ3v) is 10.6. The van der Waals surface area contributed by atoms with Crippen LogP contribution < -0.4 is 4.90 Å². The van der Waals surface area contributed by atoms with Crippen LogP contribution in [0.25, 0.3) is 88.4 Å². The van der Waals surface area contributed by atoms with Crippen LogP contribution in [-0.4, -0.2) is 18.6 Å². The number of para-hydroxylation sites is 1. The highest BCUT2D eigenvalue weighted by Gasteiger charge is 2.18. The van der Waals surface area contributed by atoms with Crippen LogP contribution in [0.3, 0.4) is 0 Å². The first-order valence-electron chi connectivity index (χ1n) is 17.6. The summed E-state index contributed by atoms with van der Waals surface area (Å²) in [5.74, 6) is 0. The number of benzene rings is 8. The Labute approximate surface area is 297 Å². The van der Waals surface area contributed by atoms with Crippen LogP contribution in [0.1, 0.15) is 11.1 Å². The van der Waals surface area contributed by atoms with E-state index in [0.29, 0.717) is 0 Å². The SMILES string of the molecule is CN1CC(c2ccc(-c3cc4c(-c5ccc6ccccc6c5)cc(-c5ccc6ccccc6c5)nc4c4ccccc34)cc2)=Cc2ccccc21. The van der Waals surface area contributed by atoms with Crippen molar-refractivity contribution in [1.82, 2.24) is 4.98 Å². The third-order valence-electron chi connectivity index (χ3n) is 10.6. The molecule has 0 saturated carbocycles. The van der Waals surface area contributed by atoms with Crippen LogP contribution >= 0.6 is 0 Å². The van der Waals surface area contributed by atoms with E-state index in [1.54, 1.807) is 0 Å². The molecule has 9 aromatic rings. The second-order valence-electron chi connectivity index (χ2n) is 13.7. The van der Waals surface area contributed by atoms with Gasteiger partial charge in [-0.15, -0.1) is 0 Å². The molecule has 2 nitrogen and oxygen atoms in total. The summed E-state index contributed by atoms with van der Waals surface area (Å²) in [4.78, 5) is 7.79. The van der Waals surface area contributed by atoms with Crippen LogP contribution in [0, 0.1) is 0 Å². The number of rotatable bonds is 4. The highest BCUT2D eigenvalue weighted by Crippen LogP contribution is 2.41. The summed E-state index contributed by atoms with van der Waals surface area (Å²) in [7, 11) is 2.17. The van der Waals surface area contributed by atoms with Crippen LogP contribution in [-0.2, 0) is 0 Å². The van der Waals surface area contributed by atoms with Gasteiger partial charge in [-0.1, -0.05) is 140 Å². The molecule has 0 unspecified atom stereocenters. The molecule has 8 aromatic carbocycles. The van der Waals surface area contributed by atoms with Crippen molar-refractivity contribution in [3.63, 3.8) is 0 Å². The zero-order valence-electron chi connectivity index (χ0n) is 28.3. The van der Waals surface area contributed by atoms with Crippen molar-refractivity contribution >= 4 is 60.6 Å². The number of hydrogen-bond donors (Lipinski definition) is 0. The average molecular weight is 651 g/mol. The number of aromatic nitrogens is 1. The van der Waals surface area contributed by atoms with E-state index in [0.717, 1.165) is 34.1 Å². The standard InChI is InChI=1S/C49H34N2/c1-51-31-41(28-40-14-6-9-17-48(40)51)34-18-22-35(23-19-34)44-29-46-45(38-24-20-32-10-2-4-12-36(32)26-38)30-47(50-49(46)43-16-8-7-15-42(43)44)39-25-21-33-11-3-5-13-37(33)27-39/h2-30H,31H2,1H3. The van der Waals surface area contributed by atoms with Gasteiger partial charge < -0.3 is 4.90 Å². The van der Waals surface area contributed by atoms with Gasteiger partial charge in [0.25, 0.3) is 0 Å². The highest BCUT2D eigenvalue weighted by atomic mass is 15.1. The number of nitrogens with zero attached hydrogens (tertiary/aromatic N) is 2. The van der Waals surface area contributed by atoms with E-state index in [-0.39, 0.29) is 0 Å². The quantitative estimate of drug-likeness (QED) is 0.176. The van der Waals surface area contributed by atoms with Gasteiger partial charge in [-0.2, -0.15) is 0 Å². The van der Waals surface area contributed by atoms with E-state index >= 15 is 0 Å². The zero-order chi connectivity index (χ0) is 33.9. The van der Waals surface area contributed by atoms with Gasteiger partial charge in [-0.05, 0) is 102 Å². The maximum Gasteiger partial charge on any atom is 0.0794 e. The van der Waals surface area contributed by atoms with Gasteiger partial charge in [0.2, 0.25) is 0 Å². The number of fused-ring (bicyclic) bond motifs is 6. The summed E-state index contributed by atoms with van der Waals surface area (Å²) >= 11 is 0. The lowest BCUT2D eigenvalue weighted by atomic mass is 9.89. The molecule has 0 bridgehead atoms. The second kappa shape index (κ2) is 11.8. The summed E-state index contributed by atoms with van der Waals surface area (Å²) in [6.45, 7) is 0.885. The van der Waals surface area contributed by atoms with Gasteiger partial charge >= 0.3 is 0 Å². The molecular weight excluding hydrogens is 617 g/mol. The molecule has 1 aromatic heterocycles. The zero-order valence-corrected chi connectivity index (χ0v) is 28.3. The van der Waals surface area contributed by atoms with E-state index in [1.807, 2.05) is 0 Å². The van der Waals surface area contributed by atoms with Gasteiger partial charge in [0.1, 0.15) is 0 Å². The smallest absolute Gasteiger partial charge is 0.0794 e. The minimum atomic E-state index is 0.885. The topological polar surface area (TPSA) is 16.1 Å². The molecule has 240 valence electrons. The summed E-state index contributed by atoms with van der Waals surface area (Å²) in [5.41, 5.74) is 13.0. The Bertz CT molecular complexity index is 2840. The van der Waals surface area contributed by atoms with Crippen molar-refractivity contribution < 1.29 is 0 Å². The molecule has 51 heavy (non-hydrogen) atoms. The highest BCUT2D eigenvalue weighted by molar-refractivity contribution is 6.16. The number of pyridine rings is 1. The van der Waals surface area contributed by atoms with Crippen molar-refractivity contribution in [3.05, 3.63) is 181 Å². The van der Waals surface area contributed by atoms with Gasteiger partial charge in [0.05, 0.1) is 11.2 Å². The molecule has 0 saturated heterocycles. The molecule has 0 atom stereocenters. The Morgan fingerprint density at radius 3 is 1.78 bits per heavy atom. The lowest BCUT2D eigenvalue weighted by Gasteiger charge is -2.28. The largest absolute Gasteiger partial charge is 0.370 e. The number of hydrogen-bond acceptors (Lipinski definition) is 2. The minimum Gasteiger partial charge on any atom is -0.370 e. The van der Waals surface area contributed by atoms with Crippen LogP contribution in [0.2, 0.25) is 0 Å². The maximum atomic E-state index is 5.45. The lowest BCUT2D eigenvalue weighted by Crippen LogP contribution is -2.23. The fourth-order valence-electron chi connectivity index (χ4n) is 7.95. The van der Waals surface area contributed by atoms with Gasteiger partial charge in [0, 0.05) is 35.6 Å². The van der Waals surface area contributed by atoms with E-state index in [4.69, 9.17) is 4.98 Å². The van der Waals surface area contributed by atoms with E-state index < -0.39 is 0 Å². The number of likely N-dealkylation sites (N-methyl/N-ethyl adjacent to an activating group) is 1. The molecule has 1 aliphatic heterocycles.